The average molecular weight is 185 g/mol. The molecule has 0 atom stereocenters. The van der Waals surface area contributed by atoms with Crippen LogP contribution in [0.3, 0.4) is 0 Å². The fraction of sp³-hybridized carbons (Fsp3) is 1.00. The summed E-state index contributed by atoms with van der Waals surface area (Å²) in [6, 6.07) is 0. The van der Waals surface area contributed by atoms with E-state index in [2.05, 4.69) is 0 Å². The molecule has 2 nitrogen and oxygen atoms in total. The van der Waals surface area contributed by atoms with Crippen LogP contribution in [0.4, 0.5) is 0 Å². The van der Waals surface area contributed by atoms with Crippen LogP contribution >= 0.6 is 23.2 Å². The number of hydrazine groups is 1. The summed E-state index contributed by atoms with van der Waals surface area (Å²) >= 11 is 9.53. The Hall–Kier alpha value is 0.500. The first kappa shape index (κ1) is 10.5. The van der Waals surface area contributed by atoms with Gasteiger partial charge in [-0.05, 0) is 12.8 Å². The van der Waals surface area contributed by atoms with Crippen LogP contribution in [0.15, 0.2) is 0 Å². The van der Waals surface area contributed by atoms with Gasteiger partial charge in [-0.1, -0.05) is 6.42 Å². The Balaban J connectivity index is 0.000000236. The van der Waals surface area contributed by atoms with E-state index >= 15 is 0 Å². The lowest BCUT2D eigenvalue weighted by Crippen LogP contribution is -2.35. The molecule has 62 valence electrons. The molecule has 1 fully saturated rings. The SMILES string of the molecule is ClCCl.NN1CCCCC1. The molecule has 0 saturated carbocycles. The quantitative estimate of drug-likeness (QED) is 0.460. The first-order valence-corrected chi connectivity index (χ1v) is 4.49. The second kappa shape index (κ2) is 7.61. The molecule has 0 radical (unpaired) electrons. The normalized spacial score (nSPS) is 19.5. The predicted octanol–water partition coefficient (Wildman–Crippen LogP) is 1.77. The van der Waals surface area contributed by atoms with Crippen molar-refractivity contribution in [3.8, 4) is 0 Å². The van der Waals surface area contributed by atoms with Gasteiger partial charge in [0.1, 0.15) is 0 Å². The third kappa shape index (κ3) is 6.62. The number of nitrogens with two attached hydrogens (primary N) is 1. The van der Waals surface area contributed by atoms with E-state index in [1.807, 2.05) is 5.01 Å². The van der Waals surface area contributed by atoms with Crippen molar-refractivity contribution < 1.29 is 0 Å². The van der Waals surface area contributed by atoms with Gasteiger partial charge in [0.2, 0.25) is 0 Å². The second-order valence-electron chi connectivity index (χ2n) is 2.20. The molecular formula is C6H14Cl2N2. The third-order valence-electron chi connectivity index (χ3n) is 1.39. The molecule has 0 unspecified atom stereocenters. The van der Waals surface area contributed by atoms with Crippen LogP contribution < -0.4 is 5.84 Å². The van der Waals surface area contributed by atoms with E-state index in [1.54, 1.807) is 0 Å². The highest BCUT2D eigenvalue weighted by Crippen LogP contribution is 2.03. The van der Waals surface area contributed by atoms with Gasteiger partial charge < -0.3 is 0 Å². The van der Waals surface area contributed by atoms with E-state index in [-0.39, 0.29) is 5.34 Å². The Morgan fingerprint density at radius 3 is 1.70 bits per heavy atom. The first-order valence-electron chi connectivity index (χ1n) is 3.43. The van der Waals surface area contributed by atoms with Crippen molar-refractivity contribution in [1.82, 2.24) is 5.01 Å². The maximum Gasteiger partial charge on any atom is 0.0967 e. The molecule has 1 aliphatic heterocycles. The lowest BCUT2D eigenvalue weighted by Gasteiger charge is -2.20. The zero-order chi connectivity index (χ0) is 7.82. The Morgan fingerprint density at radius 2 is 1.50 bits per heavy atom. The minimum absolute atomic E-state index is 0.194. The zero-order valence-electron chi connectivity index (χ0n) is 6.02. The fourth-order valence-electron chi connectivity index (χ4n) is 0.918. The molecule has 0 aromatic rings. The highest BCUT2D eigenvalue weighted by molar-refractivity contribution is 6.40. The highest BCUT2D eigenvalue weighted by atomic mass is 35.5. The third-order valence-corrected chi connectivity index (χ3v) is 1.39. The summed E-state index contributed by atoms with van der Waals surface area (Å²) in [4.78, 5) is 0. The fourth-order valence-corrected chi connectivity index (χ4v) is 0.918. The van der Waals surface area contributed by atoms with Crippen molar-refractivity contribution in [2.75, 3.05) is 18.4 Å². The van der Waals surface area contributed by atoms with Crippen LogP contribution in [0.1, 0.15) is 19.3 Å². The van der Waals surface area contributed by atoms with Crippen molar-refractivity contribution in [2.45, 2.75) is 19.3 Å². The maximum atomic E-state index is 5.47. The molecule has 0 bridgehead atoms. The van der Waals surface area contributed by atoms with Crippen molar-refractivity contribution >= 4 is 23.2 Å². The molecule has 4 heteroatoms. The Kier molecular flexibility index (Phi) is 7.99. The summed E-state index contributed by atoms with van der Waals surface area (Å²) in [5.41, 5.74) is 0. The molecule has 0 spiro atoms. The molecule has 1 heterocycles. The van der Waals surface area contributed by atoms with E-state index in [0.29, 0.717) is 0 Å². The van der Waals surface area contributed by atoms with Crippen LogP contribution in [0.2, 0.25) is 0 Å². The monoisotopic (exact) mass is 184 g/mol. The van der Waals surface area contributed by atoms with Gasteiger partial charge in [-0.2, -0.15) is 0 Å². The van der Waals surface area contributed by atoms with Crippen LogP contribution in [0, 0.1) is 0 Å². The van der Waals surface area contributed by atoms with Gasteiger partial charge in [-0.25, -0.2) is 5.01 Å². The van der Waals surface area contributed by atoms with Gasteiger partial charge in [0, 0.05) is 13.1 Å². The van der Waals surface area contributed by atoms with Crippen molar-refractivity contribution in [3.63, 3.8) is 0 Å². The zero-order valence-corrected chi connectivity index (χ0v) is 7.53. The minimum Gasteiger partial charge on any atom is -0.269 e. The molecule has 0 aliphatic carbocycles. The summed E-state index contributed by atoms with van der Waals surface area (Å²) in [5, 5.41) is 2.09. The molecule has 10 heavy (non-hydrogen) atoms. The van der Waals surface area contributed by atoms with Gasteiger partial charge in [0.05, 0.1) is 5.34 Å². The molecule has 1 saturated heterocycles. The number of piperidine rings is 1. The molecular weight excluding hydrogens is 171 g/mol. The molecule has 0 aromatic carbocycles. The van der Waals surface area contributed by atoms with Gasteiger partial charge >= 0.3 is 0 Å². The van der Waals surface area contributed by atoms with Gasteiger partial charge in [0.25, 0.3) is 0 Å². The number of hydrogen-bond acceptors (Lipinski definition) is 2. The van der Waals surface area contributed by atoms with Crippen molar-refractivity contribution in [2.24, 2.45) is 5.84 Å². The van der Waals surface area contributed by atoms with E-state index in [4.69, 9.17) is 29.0 Å². The lowest BCUT2D eigenvalue weighted by atomic mass is 10.2. The van der Waals surface area contributed by atoms with E-state index in [1.165, 1.54) is 19.3 Å². The minimum atomic E-state index is 0.194. The molecule has 1 rings (SSSR count). The standard InChI is InChI=1S/C5H12N2.CH2Cl2/c6-7-4-2-1-3-5-7;2-1-3/h1-6H2;1H2. The number of hydrogen-bond donors (Lipinski definition) is 1. The van der Waals surface area contributed by atoms with Gasteiger partial charge in [-0.15, -0.1) is 23.2 Å². The maximum absolute atomic E-state index is 5.47. The number of nitrogens with zero attached hydrogens (tertiary/aromatic N) is 1. The summed E-state index contributed by atoms with van der Waals surface area (Å²) in [5.74, 6) is 5.47. The van der Waals surface area contributed by atoms with E-state index in [9.17, 15) is 0 Å². The lowest BCUT2D eigenvalue weighted by molar-refractivity contribution is 0.235. The van der Waals surface area contributed by atoms with Crippen LogP contribution in [-0.2, 0) is 0 Å². The van der Waals surface area contributed by atoms with Crippen LogP contribution in [-0.4, -0.2) is 23.4 Å². The Bertz CT molecular complexity index is 64.8. The molecule has 1 aliphatic rings. The average Bonchev–Trinajstić information content (AvgIpc) is 1.91. The van der Waals surface area contributed by atoms with Gasteiger partial charge in [0.15, 0.2) is 0 Å². The molecule has 0 aromatic heterocycles. The van der Waals surface area contributed by atoms with Crippen molar-refractivity contribution in [1.29, 1.82) is 0 Å². The van der Waals surface area contributed by atoms with Crippen molar-refractivity contribution in [3.05, 3.63) is 0 Å². The topological polar surface area (TPSA) is 29.3 Å². The molecule has 2 N–H and O–H groups in total. The smallest absolute Gasteiger partial charge is 0.0967 e. The number of rotatable bonds is 0. The Morgan fingerprint density at radius 1 is 1.10 bits per heavy atom. The Labute approximate surface area is 72.2 Å². The summed E-state index contributed by atoms with van der Waals surface area (Å²) < 4.78 is 0. The second-order valence-corrected chi connectivity index (χ2v) is 3.01. The van der Waals surface area contributed by atoms with E-state index < -0.39 is 0 Å². The largest absolute Gasteiger partial charge is 0.269 e. The van der Waals surface area contributed by atoms with Gasteiger partial charge in [-0.3, -0.25) is 5.84 Å². The van der Waals surface area contributed by atoms with Crippen LogP contribution in [0.25, 0.3) is 0 Å². The predicted molar refractivity (Wildman–Crippen MR) is 46.2 cm³/mol. The number of alkyl halides is 2. The number of halogens is 2. The summed E-state index contributed by atoms with van der Waals surface area (Å²) in [6.45, 7) is 2.19. The highest BCUT2D eigenvalue weighted by Gasteiger charge is 2.02. The molecule has 0 amide bonds. The summed E-state index contributed by atoms with van der Waals surface area (Å²) in [7, 11) is 0. The van der Waals surface area contributed by atoms with E-state index in [0.717, 1.165) is 13.1 Å². The first-order chi connectivity index (χ1) is 4.81. The summed E-state index contributed by atoms with van der Waals surface area (Å²) in [6.07, 6.45) is 3.95. The van der Waals surface area contributed by atoms with Crippen LogP contribution in [0.5, 0.6) is 0 Å².